The Morgan fingerprint density at radius 3 is 2.22 bits per heavy atom. The molecule has 0 saturated heterocycles. The molecule has 0 heterocycles. The first kappa shape index (κ1) is 22.8. The van der Waals surface area contributed by atoms with Crippen LogP contribution in [0.25, 0.3) is 0 Å². The lowest BCUT2D eigenvalue weighted by Gasteiger charge is -2.24. The Morgan fingerprint density at radius 2 is 1.59 bits per heavy atom. The van der Waals surface area contributed by atoms with Gasteiger partial charge in [-0.25, -0.2) is 0 Å². The standard InChI is InChI=1S/C25H27N3O4/c1-27(2)16-15-26-24(30)22-14-11-20(17-23(22)32-3)28(19-9-12-21(29)13-10-19)25(31)18-7-5-4-6-8-18/h4-14,17,29H,15-16H2,1-3H3,(H,26,30). The third-order valence-corrected chi connectivity index (χ3v) is 4.86. The van der Waals surface area contributed by atoms with Gasteiger partial charge >= 0.3 is 0 Å². The number of ether oxygens (including phenoxy) is 1. The van der Waals surface area contributed by atoms with Crippen molar-refractivity contribution in [3.63, 3.8) is 0 Å². The van der Waals surface area contributed by atoms with Crippen LogP contribution in [0.5, 0.6) is 11.5 Å². The molecule has 3 rings (SSSR count). The molecule has 0 atom stereocenters. The molecule has 32 heavy (non-hydrogen) atoms. The summed E-state index contributed by atoms with van der Waals surface area (Å²) in [4.78, 5) is 29.5. The maximum atomic E-state index is 13.4. The average molecular weight is 434 g/mol. The molecule has 0 saturated carbocycles. The van der Waals surface area contributed by atoms with Gasteiger partial charge in [0.05, 0.1) is 18.4 Å². The number of hydrogen-bond donors (Lipinski definition) is 2. The van der Waals surface area contributed by atoms with Crippen molar-refractivity contribution in [1.82, 2.24) is 10.2 Å². The molecule has 7 heteroatoms. The molecule has 0 aliphatic carbocycles. The molecule has 0 spiro atoms. The predicted molar refractivity (Wildman–Crippen MR) is 125 cm³/mol. The number of methoxy groups -OCH3 is 1. The fourth-order valence-electron chi connectivity index (χ4n) is 3.19. The summed E-state index contributed by atoms with van der Waals surface area (Å²) in [7, 11) is 5.35. The second kappa shape index (κ2) is 10.5. The van der Waals surface area contributed by atoms with E-state index in [1.54, 1.807) is 54.6 Å². The molecule has 0 radical (unpaired) electrons. The third kappa shape index (κ3) is 5.44. The van der Waals surface area contributed by atoms with Crippen LogP contribution >= 0.6 is 0 Å². The first-order valence-electron chi connectivity index (χ1n) is 10.2. The van der Waals surface area contributed by atoms with Crippen molar-refractivity contribution in [1.29, 1.82) is 0 Å². The van der Waals surface area contributed by atoms with Crippen LogP contribution in [0.1, 0.15) is 20.7 Å². The zero-order valence-corrected chi connectivity index (χ0v) is 18.4. The molecule has 0 bridgehead atoms. The number of anilines is 2. The summed E-state index contributed by atoms with van der Waals surface area (Å²) < 4.78 is 5.48. The van der Waals surface area contributed by atoms with Crippen molar-refractivity contribution >= 4 is 23.2 Å². The molecular weight excluding hydrogens is 406 g/mol. The van der Waals surface area contributed by atoms with Crippen molar-refractivity contribution in [2.24, 2.45) is 0 Å². The van der Waals surface area contributed by atoms with Crippen LogP contribution in [0.15, 0.2) is 72.8 Å². The molecule has 166 valence electrons. The normalized spacial score (nSPS) is 10.6. The Bertz CT molecular complexity index is 1070. The van der Waals surface area contributed by atoms with Crippen LogP contribution in [0, 0.1) is 0 Å². The van der Waals surface area contributed by atoms with E-state index < -0.39 is 0 Å². The highest BCUT2D eigenvalue weighted by Crippen LogP contribution is 2.33. The van der Waals surface area contributed by atoms with Crippen molar-refractivity contribution in [2.75, 3.05) is 39.2 Å². The summed E-state index contributed by atoms with van der Waals surface area (Å²) in [6.07, 6.45) is 0. The minimum atomic E-state index is -0.249. The summed E-state index contributed by atoms with van der Waals surface area (Å²) in [5.74, 6) is -0.0416. The lowest BCUT2D eigenvalue weighted by Crippen LogP contribution is -2.31. The van der Waals surface area contributed by atoms with E-state index in [0.717, 1.165) is 0 Å². The smallest absolute Gasteiger partial charge is 0.262 e. The Morgan fingerprint density at radius 1 is 0.938 bits per heavy atom. The Hall–Kier alpha value is -3.84. The van der Waals surface area contributed by atoms with E-state index in [1.807, 2.05) is 25.1 Å². The molecule has 3 aromatic carbocycles. The first-order valence-corrected chi connectivity index (χ1v) is 10.2. The first-order chi connectivity index (χ1) is 15.4. The third-order valence-electron chi connectivity index (χ3n) is 4.86. The summed E-state index contributed by atoms with van der Waals surface area (Å²) in [5.41, 5.74) is 1.99. The summed E-state index contributed by atoms with van der Waals surface area (Å²) in [6, 6.07) is 20.3. The van der Waals surface area contributed by atoms with E-state index >= 15 is 0 Å². The van der Waals surface area contributed by atoms with Crippen molar-refractivity contribution < 1.29 is 19.4 Å². The average Bonchev–Trinajstić information content (AvgIpc) is 2.80. The topological polar surface area (TPSA) is 82.1 Å². The number of likely N-dealkylation sites (N-methyl/N-ethyl adjacent to an activating group) is 1. The number of benzene rings is 3. The zero-order chi connectivity index (χ0) is 23.1. The molecule has 2 amide bonds. The van der Waals surface area contributed by atoms with Crippen LogP contribution in [0.3, 0.4) is 0 Å². The highest BCUT2D eigenvalue weighted by molar-refractivity contribution is 6.11. The number of carbonyl (C=O) groups excluding carboxylic acids is 2. The number of nitrogens with one attached hydrogen (secondary N) is 1. The van der Waals surface area contributed by atoms with Gasteiger partial charge in [-0.05, 0) is 62.6 Å². The zero-order valence-electron chi connectivity index (χ0n) is 18.4. The summed E-state index contributed by atoms with van der Waals surface area (Å²) in [6.45, 7) is 1.22. The van der Waals surface area contributed by atoms with Crippen molar-refractivity contribution in [3.8, 4) is 11.5 Å². The largest absolute Gasteiger partial charge is 0.508 e. The molecule has 0 aromatic heterocycles. The van der Waals surface area contributed by atoms with Crippen LogP contribution < -0.4 is 15.0 Å². The number of nitrogens with zero attached hydrogens (tertiary/aromatic N) is 2. The van der Waals surface area contributed by atoms with Gasteiger partial charge in [-0.3, -0.25) is 14.5 Å². The number of rotatable bonds is 8. The maximum Gasteiger partial charge on any atom is 0.262 e. The van der Waals surface area contributed by atoms with Gasteiger partial charge in [-0.15, -0.1) is 0 Å². The van der Waals surface area contributed by atoms with E-state index in [1.165, 1.54) is 24.1 Å². The molecule has 7 nitrogen and oxygen atoms in total. The fraction of sp³-hybridized carbons (Fsp3) is 0.200. The fourth-order valence-corrected chi connectivity index (χ4v) is 3.19. The molecular formula is C25H27N3O4. The van der Waals surface area contributed by atoms with Gasteiger partial charge in [-0.1, -0.05) is 18.2 Å². The molecule has 0 aliphatic rings. The quantitative estimate of drug-likeness (QED) is 0.567. The lowest BCUT2D eigenvalue weighted by molar-refractivity contribution is 0.0947. The molecule has 2 N–H and O–H groups in total. The van der Waals surface area contributed by atoms with Crippen molar-refractivity contribution in [2.45, 2.75) is 0 Å². The highest BCUT2D eigenvalue weighted by atomic mass is 16.5. The van der Waals surface area contributed by atoms with Crippen LogP contribution in [0.2, 0.25) is 0 Å². The van der Waals surface area contributed by atoms with E-state index in [-0.39, 0.29) is 17.6 Å². The second-order valence-corrected chi connectivity index (χ2v) is 7.47. The van der Waals surface area contributed by atoms with Crippen molar-refractivity contribution in [3.05, 3.63) is 83.9 Å². The monoisotopic (exact) mass is 433 g/mol. The Kier molecular flexibility index (Phi) is 7.46. The van der Waals surface area contributed by atoms with E-state index in [2.05, 4.69) is 5.32 Å². The highest BCUT2D eigenvalue weighted by Gasteiger charge is 2.22. The molecule has 0 unspecified atom stereocenters. The Balaban J connectivity index is 1.98. The van der Waals surface area contributed by atoms with Gasteiger partial charge in [-0.2, -0.15) is 0 Å². The van der Waals surface area contributed by atoms with E-state index in [0.29, 0.717) is 41.3 Å². The van der Waals surface area contributed by atoms with Gasteiger partial charge in [0.2, 0.25) is 0 Å². The van der Waals surface area contributed by atoms with Crippen LogP contribution in [-0.4, -0.2) is 56.1 Å². The lowest BCUT2D eigenvalue weighted by atomic mass is 10.1. The number of carbonyl (C=O) groups is 2. The number of phenols is 1. The Labute approximate surface area is 187 Å². The SMILES string of the molecule is COc1cc(N(C(=O)c2ccccc2)c2ccc(O)cc2)ccc1C(=O)NCCN(C)C. The van der Waals surface area contributed by atoms with Gasteiger partial charge in [0, 0.05) is 30.4 Å². The van der Waals surface area contributed by atoms with Gasteiger partial charge in [0.15, 0.2) is 0 Å². The van der Waals surface area contributed by atoms with E-state index in [4.69, 9.17) is 4.74 Å². The molecule has 0 fully saturated rings. The van der Waals surface area contributed by atoms with Crippen LogP contribution in [0.4, 0.5) is 11.4 Å². The number of aromatic hydroxyl groups is 1. The van der Waals surface area contributed by atoms with Crippen LogP contribution in [-0.2, 0) is 0 Å². The number of amides is 2. The maximum absolute atomic E-state index is 13.4. The predicted octanol–water partition coefficient (Wildman–Crippen LogP) is 3.67. The van der Waals surface area contributed by atoms with E-state index in [9.17, 15) is 14.7 Å². The van der Waals surface area contributed by atoms with Gasteiger partial charge in [0.1, 0.15) is 11.5 Å². The minimum absolute atomic E-state index is 0.100. The molecule has 0 aliphatic heterocycles. The van der Waals surface area contributed by atoms with Gasteiger partial charge in [0.25, 0.3) is 11.8 Å². The number of phenolic OH excluding ortho intramolecular Hbond substituents is 1. The second-order valence-electron chi connectivity index (χ2n) is 7.47. The summed E-state index contributed by atoms with van der Waals surface area (Å²) in [5, 5.41) is 12.5. The number of hydrogen-bond acceptors (Lipinski definition) is 5. The summed E-state index contributed by atoms with van der Waals surface area (Å²) >= 11 is 0. The van der Waals surface area contributed by atoms with Gasteiger partial charge < -0.3 is 20.1 Å². The molecule has 3 aromatic rings. The minimum Gasteiger partial charge on any atom is -0.508 e.